The molecule has 1 unspecified atom stereocenters. The molecular weight excluding hydrogens is 216 g/mol. The molecule has 90 valence electrons. The SMILES string of the molecule is Cc1ccncc1C(Cc1cn(C)nn1)NN. The highest BCUT2D eigenvalue weighted by Crippen LogP contribution is 2.18. The third-order valence-corrected chi connectivity index (χ3v) is 2.72. The van der Waals surface area contributed by atoms with E-state index < -0.39 is 0 Å². The molecule has 0 aliphatic carbocycles. The van der Waals surface area contributed by atoms with E-state index in [2.05, 4.69) is 20.7 Å². The van der Waals surface area contributed by atoms with Crippen LogP contribution in [0.15, 0.2) is 24.7 Å². The number of rotatable bonds is 4. The first-order valence-electron chi connectivity index (χ1n) is 5.42. The molecule has 0 amide bonds. The fourth-order valence-electron chi connectivity index (χ4n) is 1.80. The van der Waals surface area contributed by atoms with Gasteiger partial charge in [-0.05, 0) is 24.1 Å². The van der Waals surface area contributed by atoms with Crippen LogP contribution in [0.1, 0.15) is 22.9 Å². The molecule has 0 aromatic carbocycles. The Kier molecular flexibility index (Phi) is 3.46. The van der Waals surface area contributed by atoms with Crippen molar-refractivity contribution in [3.63, 3.8) is 0 Å². The summed E-state index contributed by atoms with van der Waals surface area (Å²) in [4.78, 5) is 4.12. The maximum absolute atomic E-state index is 5.60. The van der Waals surface area contributed by atoms with Crippen LogP contribution in [0, 0.1) is 6.92 Å². The number of hydrogen-bond acceptors (Lipinski definition) is 5. The van der Waals surface area contributed by atoms with Gasteiger partial charge >= 0.3 is 0 Å². The molecule has 0 aliphatic heterocycles. The maximum atomic E-state index is 5.60. The van der Waals surface area contributed by atoms with Crippen LogP contribution in [-0.2, 0) is 13.5 Å². The van der Waals surface area contributed by atoms with Crippen LogP contribution < -0.4 is 11.3 Å². The number of hydrogen-bond donors (Lipinski definition) is 2. The van der Waals surface area contributed by atoms with Crippen LogP contribution in [0.5, 0.6) is 0 Å². The molecule has 0 saturated carbocycles. The largest absolute Gasteiger partial charge is 0.271 e. The van der Waals surface area contributed by atoms with Gasteiger partial charge in [0.1, 0.15) is 0 Å². The quantitative estimate of drug-likeness (QED) is 0.584. The van der Waals surface area contributed by atoms with Crippen molar-refractivity contribution < 1.29 is 0 Å². The summed E-state index contributed by atoms with van der Waals surface area (Å²) in [7, 11) is 1.84. The molecule has 0 fully saturated rings. The highest BCUT2D eigenvalue weighted by Gasteiger charge is 2.14. The van der Waals surface area contributed by atoms with E-state index in [9.17, 15) is 0 Å². The Bertz CT molecular complexity index is 492. The molecule has 2 aromatic rings. The van der Waals surface area contributed by atoms with Crippen molar-refractivity contribution in [2.24, 2.45) is 12.9 Å². The fraction of sp³-hybridized carbons (Fsp3) is 0.364. The Morgan fingerprint density at radius 3 is 2.94 bits per heavy atom. The summed E-state index contributed by atoms with van der Waals surface area (Å²) in [6, 6.07) is 1.97. The lowest BCUT2D eigenvalue weighted by Gasteiger charge is -2.16. The van der Waals surface area contributed by atoms with Crippen LogP contribution in [0.4, 0.5) is 0 Å². The van der Waals surface area contributed by atoms with Crippen molar-refractivity contribution in [2.75, 3.05) is 0 Å². The predicted molar refractivity (Wildman–Crippen MR) is 63.7 cm³/mol. The van der Waals surface area contributed by atoms with E-state index in [1.165, 1.54) is 0 Å². The lowest BCUT2D eigenvalue weighted by Crippen LogP contribution is -2.30. The zero-order chi connectivity index (χ0) is 12.3. The van der Waals surface area contributed by atoms with Gasteiger partial charge in [-0.15, -0.1) is 5.10 Å². The highest BCUT2D eigenvalue weighted by atomic mass is 15.4. The topological polar surface area (TPSA) is 81.7 Å². The zero-order valence-corrected chi connectivity index (χ0v) is 9.96. The summed E-state index contributed by atoms with van der Waals surface area (Å²) in [5.41, 5.74) is 5.94. The van der Waals surface area contributed by atoms with Gasteiger partial charge in [0.25, 0.3) is 0 Å². The summed E-state index contributed by atoms with van der Waals surface area (Å²) >= 11 is 0. The van der Waals surface area contributed by atoms with Crippen molar-refractivity contribution in [2.45, 2.75) is 19.4 Å². The summed E-state index contributed by atoms with van der Waals surface area (Å²) in [5, 5.41) is 7.96. The van der Waals surface area contributed by atoms with Crippen molar-refractivity contribution in [3.05, 3.63) is 41.5 Å². The first-order valence-corrected chi connectivity index (χ1v) is 5.42. The minimum atomic E-state index is 0.000370. The molecule has 0 saturated heterocycles. The van der Waals surface area contributed by atoms with E-state index in [1.807, 2.05) is 32.4 Å². The summed E-state index contributed by atoms with van der Waals surface area (Å²) in [6.07, 6.45) is 6.18. The van der Waals surface area contributed by atoms with E-state index >= 15 is 0 Å². The lowest BCUT2D eigenvalue weighted by molar-refractivity contribution is 0.541. The van der Waals surface area contributed by atoms with Crippen molar-refractivity contribution in [1.29, 1.82) is 0 Å². The number of nitrogens with one attached hydrogen (secondary N) is 1. The third-order valence-electron chi connectivity index (χ3n) is 2.72. The summed E-state index contributed by atoms with van der Waals surface area (Å²) in [6.45, 7) is 2.04. The average molecular weight is 232 g/mol. The summed E-state index contributed by atoms with van der Waals surface area (Å²) < 4.78 is 1.68. The molecule has 3 N–H and O–H groups in total. The van der Waals surface area contributed by atoms with Gasteiger partial charge in [0.15, 0.2) is 0 Å². The zero-order valence-electron chi connectivity index (χ0n) is 9.96. The number of nitrogens with two attached hydrogens (primary N) is 1. The molecule has 0 bridgehead atoms. The van der Waals surface area contributed by atoms with Gasteiger partial charge in [-0.3, -0.25) is 20.9 Å². The maximum Gasteiger partial charge on any atom is 0.0846 e. The number of nitrogens with zero attached hydrogens (tertiary/aromatic N) is 4. The van der Waals surface area contributed by atoms with Gasteiger partial charge < -0.3 is 0 Å². The van der Waals surface area contributed by atoms with Gasteiger partial charge in [-0.1, -0.05) is 5.21 Å². The molecule has 2 rings (SSSR count). The third kappa shape index (κ3) is 2.66. The molecular formula is C11H16N6. The van der Waals surface area contributed by atoms with E-state index in [4.69, 9.17) is 5.84 Å². The Morgan fingerprint density at radius 2 is 2.35 bits per heavy atom. The smallest absolute Gasteiger partial charge is 0.0846 e. The molecule has 6 nitrogen and oxygen atoms in total. The Morgan fingerprint density at radius 1 is 1.53 bits per heavy atom. The highest BCUT2D eigenvalue weighted by molar-refractivity contribution is 5.26. The van der Waals surface area contributed by atoms with E-state index in [0.29, 0.717) is 6.42 Å². The van der Waals surface area contributed by atoms with Crippen molar-refractivity contribution >= 4 is 0 Å². The van der Waals surface area contributed by atoms with Crippen LogP contribution in [0.2, 0.25) is 0 Å². The van der Waals surface area contributed by atoms with Gasteiger partial charge in [0, 0.05) is 32.1 Å². The first kappa shape index (κ1) is 11.7. The number of aryl methyl sites for hydroxylation is 2. The molecule has 0 aliphatic rings. The Labute approximate surface area is 99.8 Å². The second kappa shape index (κ2) is 5.03. The van der Waals surface area contributed by atoms with Crippen LogP contribution in [0.3, 0.4) is 0 Å². The van der Waals surface area contributed by atoms with Gasteiger partial charge in [0.2, 0.25) is 0 Å². The molecule has 17 heavy (non-hydrogen) atoms. The molecule has 1 atom stereocenters. The van der Waals surface area contributed by atoms with Crippen LogP contribution in [-0.4, -0.2) is 20.0 Å². The van der Waals surface area contributed by atoms with Crippen LogP contribution >= 0.6 is 0 Å². The van der Waals surface area contributed by atoms with Gasteiger partial charge in [-0.2, -0.15) is 0 Å². The van der Waals surface area contributed by atoms with Gasteiger partial charge in [0.05, 0.1) is 11.7 Å². The van der Waals surface area contributed by atoms with Crippen molar-refractivity contribution in [1.82, 2.24) is 25.4 Å². The standard InChI is InChI=1S/C11H16N6/c1-8-3-4-13-6-10(8)11(14-12)5-9-7-17(2)16-15-9/h3-4,6-7,11,14H,5,12H2,1-2H3. The van der Waals surface area contributed by atoms with Crippen molar-refractivity contribution in [3.8, 4) is 0 Å². The molecule has 2 heterocycles. The van der Waals surface area contributed by atoms with Crippen LogP contribution in [0.25, 0.3) is 0 Å². The van der Waals surface area contributed by atoms with Gasteiger partial charge in [-0.25, -0.2) is 0 Å². The second-order valence-electron chi connectivity index (χ2n) is 4.04. The molecule has 0 spiro atoms. The molecule has 6 heteroatoms. The number of aromatic nitrogens is 4. The fourth-order valence-corrected chi connectivity index (χ4v) is 1.80. The summed E-state index contributed by atoms with van der Waals surface area (Å²) in [5.74, 6) is 5.60. The Balaban J connectivity index is 2.20. The minimum absolute atomic E-state index is 0.000370. The number of pyridine rings is 1. The predicted octanol–water partition coefficient (Wildman–Crippen LogP) is 0.266. The minimum Gasteiger partial charge on any atom is -0.271 e. The number of hydrazine groups is 1. The second-order valence-corrected chi connectivity index (χ2v) is 4.04. The van der Waals surface area contributed by atoms with E-state index in [0.717, 1.165) is 16.8 Å². The monoisotopic (exact) mass is 232 g/mol. The molecule has 2 aromatic heterocycles. The average Bonchev–Trinajstić information content (AvgIpc) is 2.73. The normalized spacial score (nSPS) is 12.6. The van der Waals surface area contributed by atoms with E-state index in [1.54, 1.807) is 10.9 Å². The first-order chi connectivity index (χ1) is 8.20. The molecule has 0 radical (unpaired) electrons. The Hall–Kier alpha value is -1.79. The lowest BCUT2D eigenvalue weighted by atomic mass is 10.0. The van der Waals surface area contributed by atoms with E-state index in [-0.39, 0.29) is 6.04 Å².